The fourth-order valence-electron chi connectivity index (χ4n) is 5.72. The second kappa shape index (κ2) is 7.15. The molecule has 3 heterocycles. The van der Waals surface area contributed by atoms with Crippen molar-refractivity contribution in [2.75, 3.05) is 0 Å². The molecule has 3 aromatic heterocycles. The molecule has 0 fully saturated rings. The zero-order chi connectivity index (χ0) is 22.5. The van der Waals surface area contributed by atoms with Gasteiger partial charge >= 0.3 is 0 Å². The minimum absolute atomic E-state index is 0. The van der Waals surface area contributed by atoms with Gasteiger partial charge in [-0.1, -0.05) is 61.2 Å². The summed E-state index contributed by atoms with van der Waals surface area (Å²) < 4.78 is 0. The number of aromatic nitrogens is 3. The Balaban J connectivity index is 0.00000217. The van der Waals surface area contributed by atoms with Crippen molar-refractivity contribution >= 4 is 43.2 Å². The summed E-state index contributed by atoms with van der Waals surface area (Å²) in [6, 6.07) is 23.1. The molecular weight excluding hydrogens is 595 g/mol. The SMILES string of the molecule is Cc1cc2c(ccc3c4ccnc5c4c(cc23)C(C)(C)c2nc3ccccc3[c-]c2-5)c(C)n1.[Ir]. The van der Waals surface area contributed by atoms with Gasteiger partial charge < -0.3 is 4.98 Å². The van der Waals surface area contributed by atoms with Crippen LogP contribution in [0, 0.1) is 19.9 Å². The number of rotatable bonds is 0. The van der Waals surface area contributed by atoms with Gasteiger partial charge in [0.25, 0.3) is 0 Å². The summed E-state index contributed by atoms with van der Waals surface area (Å²) in [6.45, 7) is 8.73. The molecule has 0 atom stereocenters. The van der Waals surface area contributed by atoms with Gasteiger partial charge in [-0.3, -0.25) is 9.97 Å². The number of nitrogens with zero attached hydrogens (tertiary/aromatic N) is 3. The molecule has 0 saturated carbocycles. The Hall–Kier alpha value is -3.20. The van der Waals surface area contributed by atoms with Crippen LogP contribution in [0.4, 0.5) is 0 Å². The number of para-hydroxylation sites is 1. The van der Waals surface area contributed by atoms with Crippen molar-refractivity contribution in [1.82, 2.24) is 15.0 Å². The summed E-state index contributed by atoms with van der Waals surface area (Å²) in [5.41, 5.74) is 7.14. The first-order chi connectivity index (χ1) is 15.9. The molecule has 3 nitrogen and oxygen atoms in total. The summed E-state index contributed by atoms with van der Waals surface area (Å²) in [7, 11) is 0. The second-order valence-corrected chi connectivity index (χ2v) is 9.71. The Morgan fingerprint density at radius 3 is 2.41 bits per heavy atom. The maximum Gasteiger partial charge on any atom is 0.0454 e. The van der Waals surface area contributed by atoms with E-state index in [-0.39, 0.29) is 25.5 Å². The van der Waals surface area contributed by atoms with Crippen LogP contribution in [0.3, 0.4) is 0 Å². The van der Waals surface area contributed by atoms with Gasteiger partial charge in [-0.05, 0) is 69.7 Å². The first-order valence-electron chi connectivity index (χ1n) is 11.4. The molecule has 4 heteroatoms. The van der Waals surface area contributed by atoms with Gasteiger partial charge in [-0.25, -0.2) is 0 Å². The number of hydrogen-bond donors (Lipinski definition) is 0. The number of aryl methyl sites for hydroxylation is 2. The fraction of sp³-hybridized carbons (Fsp3) is 0.167. The van der Waals surface area contributed by atoms with Crippen LogP contribution in [0.5, 0.6) is 0 Å². The van der Waals surface area contributed by atoms with Crippen molar-refractivity contribution < 1.29 is 20.1 Å². The molecule has 0 N–H and O–H groups in total. The molecule has 0 unspecified atom stereocenters. The third-order valence-electron chi connectivity index (χ3n) is 7.31. The topological polar surface area (TPSA) is 38.7 Å². The summed E-state index contributed by atoms with van der Waals surface area (Å²) in [5, 5.41) is 8.47. The molecule has 1 aliphatic rings. The molecule has 0 saturated heterocycles. The first-order valence-corrected chi connectivity index (χ1v) is 11.4. The van der Waals surface area contributed by atoms with Crippen molar-refractivity contribution in [2.24, 2.45) is 0 Å². The van der Waals surface area contributed by atoms with E-state index in [2.05, 4.69) is 76.2 Å². The minimum atomic E-state index is -0.280. The Labute approximate surface area is 211 Å². The summed E-state index contributed by atoms with van der Waals surface area (Å²) in [4.78, 5) is 14.7. The van der Waals surface area contributed by atoms with E-state index in [0.717, 1.165) is 39.2 Å². The maximum absolute atomic E-state index is 5.14. The smallest absolute Gasteiger partial charge is 0.0454 e. The number of pyridine rings is 3. The number of fused-ring (bicyclic) bond motifs is 7. The van der Waals surface area contributed by atoms with E-state index in [1.54, 1.807) is 0 Å². The van der Waals surface area contributed by atoms with Crippen molar-refractivity contribution in [3.05, 3.63) is 89.5 Å². The van der Waals surface area contributed by atoms with Crippen molar-refractivity contribution in [2.45, 2.75) is 33.1 Å². The Kier molecular flexibility index (Phi) is 4.49. The van der Waals surface area contributed by atoms with E-state index in [1.165, 1.54) is 37.9 Å². The Morgan fingerprint density at radius 2 is 1.56 bits per heavy atom. The van der Waals surface area contributed by atoms with Gasteiger partial charge in [0.1, 0.15) is 0 Å². The molecule has 0 amide bonds. The average molecular weight is 617 g/mol. The fourth-order valence-corrected chi connectivity index (χ4v) is 5.72. The predicted molar refractivity (Wildman–Crippen MR) is 136 cm³/mol. The average Bonchev–Trinajstić information content (AvgIpc) is 2.81. The molecule has 167 valence electrons. The van der Waals surface area contributed by atoms with Crippen LogP contribution < -0.4 is 0 Å². The third-order valence-corrected chi connectivity index (χ3v) is 7.31. The van der Waals surface area contributed by atoms with Crippen LogP contribution in [0.1, 0.15) is 36.5 Å². The second-order valence-electron chi connectivity index (χ2n) is 9.71. The molecule has 34 heavy (non-hydrogen) atoms. The third kappa shape index (κ3) is 2.70. The zero-order valence-electron chi connectivity index (χ0n) is 19.4. The quantitative estimate of drug-likeness (QED) is 0.134. The Bertz CT molecular complexity index is 1820. The van der Waals surface area contributed by atoms with Crippen LogP contribution in [0.25, 0.3) is 54.5 Å². The molecule has 3 aromatic carbocycles. The molecule has 0 spiro atoms. The van der Waals surface area contributed by atoms with Gasteiger partial charge in [0.15, 0.2) is 0 Å². The molecule has 0 aliphatic heterocycles. The molecular formula is C30H22IrN3-. The van der Waals surface area contributed by atoms with Crippen molar-refractivity contribution in [1.29, 1.82) is 0 Å². The molecule has 7 rings (SSSR count). The van der Waals surface area contributed by atoms with E-state index < -0.39 is 0 Å². The summed E-state index contributed by atoms with van der Waals surface area (Å²) in [5.74, 6) is 0. The largest absolute Gasteiger partial charge is 0.329 e. The zero-order valence-corrected chi connectivity index (χ0v) is 21.8. The normalized spacial score (nSPS) is 13.9. The van der Waals surface area contributed by atoms with Gasteiger partial charge in [0.2, 0.25) is 0 Å². The molecule has 6 aromatic rings. The van der Waals surface area contributed by atoms with E-state index in [0.29, 0.717) is 0 Å². The Morgan fingerprint density at radius 1 is 0.794 bits per heavy atom. The van der Waals surface area contributed by atoms with Crippen LogP contribution in [0.15, 0.2) is 60.8 Å². The van der Waals surface area contributed by atoms with E-state index >= 15 is 0 Å². The summed E-state index contributed by atoms with van der Waals surface area (Å²) in [6.07, 6.45) is 1.93. The van der Waals surface area contributed by atoms with E-state index in [9.17, 15) is 0 Å². The standard InChI is InChI=1S/C30H22N3.Ir/c1-16-13-22-19(17(2)32-16)9-10-20-21-11-12-31-28-24-14-18-7-5-6-8-26(18)33-29(24)30(3,4)25(27(21)28)15-23(20)22;/h5-13,15H,1-4H3;/q-1;. The number of hydrogen-bond acceptors (Lipinski definition) is 3. The van der Waals surface area contributed by atoms with E-state index in [4.69, 9.17) is 15.0 Å². The minimum Gasteiger partial charge on any atom is -0.329 e. The van der Waals surface area contributed by atoms with Gasteiger partial charge in [-0.2, -0.15) is 0 Å². The van der Waals surface area contributed by atoms with Crippen LogP contribution in [0.2, 0.25) is 0 Å². The van der Waals surface area contributed by atoms with Crippen LogP contribution in [-0.4, -0.2) is 15.0 Å². The van der Waals surface area contributed by atoms with Crippen molar-refractivity contribution in [3.8, 4) is 11.3 Å². The number of benzene rings is 3. The molecule has 1 aliphatic carbocycles. The maximum atomic E-state index is 5.14. The first kappa shape index (κ1) is 21.3. The predicted octanol–water partition coefficient (Wildman–Crippen LogP) is 7.21. The molecule has 1 radical (unpaired) electrons. The monoisotopic (exact) mass is 617 g/mol. The van der Waals surface area contributed by atoms with E-state index in [1.807, 2.05) is 18.3 Å². The van der Waals surface area contributed by atoms with Crippen molar-refractivity contribution in [3.63, 3.8) is 0 Å². The van der Waals surface area contributed by atoms with Gasteiger partial charge in [-0.15, -0.1) is 12.1 Å². The summed E-state index contributed by atoms with van der Waals surface area (Å²) >= 11 is 0. The van der Waals surface area contributed by atoms with Crippen LogP contribution in [-0.2, 0) is 25.5 Å². The molecule has 0 bridgehead atoms. The van der Waals surface area contributed by atoms with Gasteiger partial charge in [0, 0.05) is 54.2 Å². The van der Waals surface area contributed by atoms with Gasteiger partial charge in [0.05, 0.1) is 0 Å². The van der Waals surface area contributed by atoms with Crippen LogP contribution >= 0.6 is 0 Å².